The van der Waals surface area contributed by atoms with E-state index in [2.05, 4.69) is 32.7 Å². The van der Waals surface area contributed by atoms with E-state index in [4.69, 9.17) is 11.5 Å². The number of amides is 1. The number of hydrogen-bond acceptors (Lipinski definition) is 4. The zero-order chi connectivity index (χ0) is 21.4. The van der Waals surface area contributed by atoms with E-state index in [1.54, 1.807) is 0 Å². The van der Waals surface area contributed by atoms with Crippen molar-refractivity contribution in [3.8, 4) is 0 Å². The molecule has 6 nitrogen and oxygen atoms in total. The minimum Gasteiger partial charge on any atom is -0.382 e. The van der Waals surface area contributed by atoms with Crippen LogP contribution in [-0.2, 0) is 17.8 Å². The zero-order valence-corrected chi connectivity index (χ0v) is 17.3. The van der Waals surface area contributed by atoms with E-state index in [1.807, 2.05) is 48.8 Å². The number of carbonyl (C=O) groups excluding carboxylic acids is 1. The van der Waals surface area contributed by atoms with Crippen molar-refractivity contribution in [1.29, 1.82) is 0 Å². The van der Waals surface area contributed by atoms with Crippen molar-refractivity contribution in [2.24, 2.45) is 11.1 Å². The molecule has 2 heterocycles. The van der Waals surface area contributed by atoms with E-state index in [9.17, 15) is 4.79 Å². The molecule has 1 atom stereocenters. The van der Waals surface area contributed by atoms with Crippen molar-refractivity contribution in [2.45, 2.75) is 32.2 Å². The van der Waals surface area contributed by atoms with Crippen LogP contribution >= 0.6 is 0 Å². The highest BCUT2D eigenvalue weighted by Gasteiger charge is 2.36. The van der Waals surface area contributed by atoms with Crippen LogP contribution in [0.15, 0.2) is 60.9 Å². The highest BCUT2D eigenvalue weighted by molar-refractivity contribution is 6.06. The van der Waals surface area contributed by atoms with Crippen LogP contribution in [0.4, 0.5) is 5.82 Å². The number of carbonyl (C=O) groups is 1. The molecule has 1 aliphatic rings. The van der Waals surface area contributed by atoms with Gasteiger partial charge in [-0.05, 0) is 36.5 Å². The molecule has 4 N–H and O–H groups in total. The summed E-state index contributed by atoms with van der Waals surface area (Å²) in [6, 6.07) is 16.2. The average molecular weight is 412 g/mol. The molecule has 0 radical (unpaired) electrons. The fraction of sp³-hybridized carbons (Fsp3) is 0.240. The Morgan fingerprint density at radius 1 is 1.10 bits per heavy atom. The number of hydrogen-bond donors (Lipinski definition) is 2. The van der Waals surface area contributed by atoms with Crippen LogP contribution < -0.4 is 11.5 Å². The SMILES string of the molecule is NC(=O)C1(CCCCn2cnc3c(N)nc4ccccc4c32)C=Cc2ccccc2C1. The van der Waals surface area contributed by atoms with Gasteiger partial charge in [-0.1, -0.05) is 61.0 Å². The third-order valence-electron chi connectivity index (χ3n) is 6.39. The average Bonchev–Trinajstić information content (AvgIpc) is 3.21. The van der Waals surface area contributed by atoms with Crippen LogP contribution in [0.25, 0.3) is 28.0 Å². The lowest BCUT2D eigenvalue weighted by Gasteiger charge is -2.31. The van der Waals surface area contributed by atoms with Gasteiger partial charge in [-0.15, -0.1) is 0 Å². The summed E-state index contributed by atoms with van der Waals surface area (Å²) in [5.41, 5.74) is 16.3. The molecule has 31 heavy (non-hydrogen) atoms. The van der Waals surface area contributed by atoms with Crippen LogP contribution in [-0.4, -0.2) is 20.4 Å². The fourth-order valence-electron chi connectivity index (χ4n) is 4.67. The standard InChI is InChI=1S/C25H25N5O/c26-23-21-22(19-9-3-4-10-20(19)29-23)30(16-28-21)14-6-5-12-25(24(27)31)13-11-17-7-1-2-8-18(17)15-25/h1-4,7-11,13,16H,5-6,12,14-15H2,(H2,26,29)(H2,27,31). The number of para-hydroxylation sites is 1. The third-order valence-corrected chi connectivity index (χ3v) is 6.39. The summed E-state index contributed by atoms with van der Waals surface area (Å²) in [6.07, 6.45) is 9.05. The molecule has 4 aromatic rings. The van der Waals surface area contributed by atoms with Gasteiger partial charge in [0.2, 0.25) is 5.91 Å². The number of rotatable bonds is 6. The monoisotopic (exact) mass is 411 g/mol. The second-order valence-corrected chi connectivity index (χ2v) is 8.34. The smallest absolute Gasteiger partial charge is 0.227 e. The molecule has 0 fully saturated rings. The third kappa shape index (κ3) is 3.34. The van der Waals surface area contributed by atoms with Crippen molar-refractivity contribution in [3.05, 3.63) is 72.1 Å². The molecule has 1 aliphatic carbocycles. The van der Waals surface area contributed by atoms with Crippen LogP contribution in [0.5, 0.6) is 0 Å². The van der Waals surface area contributed by atoms with Crippen molar-refractivity contribution in [1.82, 2.24) is 14.5 Å². The van der Waals surface area contributed by atoms with Crippen LogP contribution in [0.3, 0.4) is 0 Å². The van der Waals surface area contributed by atoms with E-state index in [0.717, 1.165) is 47.7 Å². The van der Waals surface area contributed by atoms with E-state index in [0.29, 0.717) is 12.2 Å². The Labute approximate surface area is 180 Å². The Bertz CT molecular complexity index is 1320. The first-order valence-corrected chi connectivity index (χ1v) is 10.6. The summed E-state index contributed by atoms with van der Waals surface area (Å²) < 4.78 is 2.14. The Morgan fingerprint density at radius 3 is 2.77 bits per heavy atom. The van der Waals surface area contributed by atoms with Gasteiger partial charge in [0.05, 0.1) is 22.8 Å². The number of benzene rings is 2. The quantitative estimate of drug-likeness (QED) is 0.467. The number of imidazole rings is 1. The lowest BCUT2D eigenvalue weighted by atomic mass is 9.72. The van der Waals surface area contributed by atoms with Gasteiger partial charge in [-0.25, -0.2) is 9.97 Å². The van der Waals surface area contributed by atoms with Gasteiger partial charge < -0.3 is 16.0 Å². The minimum absolute atomic E-state index is 0.254. The molecule has 0 saturated carbocycles. The van der Waals surface area contributed by atoms with Crippen molar-refractivity contribution < 1.29 is 4.79 Å². The fourth-order valence-corrected chi connectivity index (χ4v) is 4.67. The van der Waals surface area contributed by atoms with Gasteiger partial charge in [0.25, 0.3) is 0 Å². The number of primary amides is 1. The highest BCUT2D eigenvalue weighted by Crippen LogP contribution is 2.37. The number of anilines is 1. The Morgan fingerprint density at radius 2 is 1.90 bits per heavy atom. The molecule has 2 aromatic heterocycles. The van der Waals surface area contributed by atoms with Gasteiger partial charge >= 0.3 is 0 Å². The Hall–Kier alpha value is -3.67. The van der Waals surface area contributed by atoms with E-state index in [1.165, 1.54) is 11.1 Å². The first-order valence-electron chi connectivity index (χ1n) is 10.6. The number of fused-ring (bicyclic) bond motifs is 4. The van der Waals surface area contributed by atoms with Gasteiger partial charge in [-0.3, -0.25) is 4.79 Å². The topological polar surface area (TPSA) is 99.8 Å². The molecule has 156 valence electrons. The lowest BCUT2D eigenvalue weighted by molar-refractivity contribution is -0.125. The second kappa shape index (κ2) is 7.54. The van der Waals surface area contributed by atoms with Gasteiger partial charge in [-0.2, -0.15) is 0 Å². The molecular weight excluding hydrogens is 386 g/mol. The molecule has 0 aliphatic heterocycles. The normalized spacial score (nSPS) is 17.8. The van der Waals surface area contributed by atoms with E-state index < -0.39 is 5.41 Å². The van der Waals surface area contributed by atoms with Gasteiger partial charge in [0.1, 0.15) is 5.52 Å². The molecule has 0 bridgehead atoms. The van der Waals surface area contributed by atoms with Crippen LogP contribution in [0.1, 0.15) is 30.4 Å². The zero-order valence-electron chi connectivity index (χ0n) is 17.3. The minimum atomic E-state index is -0.619. The molecule has 1 unspecified atom stereocenters. The Kier molecular flexibility index (Phi) is 4.70. The molecule has 0 saturated heterocycles. The second-order valence-electron chi connectivity index (χ2n) is 8.34. The van der Waals surface area contributed by atoms with Gasteiger partial charge in [0.15, 0.2) is 5.82 Å². The highest BCUT2D eigenvalue weighted by atomic mass is 16.1. The maximum atomic E-state index is 12.4. The molecular formula is C25H25N5O. The molecule has 5 rings (SSSR count). The number of unbranched alkanes of at least 4 members (excludes halogenated alkanes) is 1. The van der Waals surface area contributed by atoms with E-state index in [-0.39, 0.29) is 5.91 Å². The number of aromatic nitrogens is 3. The maximum Gasteiger partial charge on any atom is 0.227 e. The number of nitrogens with zero attached hydrogens (tertiary/aromatic N) is 3. The number of nitrogens with two attached hydrogens (primary N) is 2. The number of aryl methyl sites for hydroxylation is 1. The van der Waals surface area contributed by atoms with E-state index >= 15 is 0 Å². The van der Waals surface area contributed by atoms with Crippen molar-refractivity contribution >= 4 is 39.7 Å². The summed E-state index contributed by atoms with van der Waals surface area (Å²) in [5.74, 6) is 0.197. The van der Waals surface area contributed by atoms with Crippen molar-refractivity contribution in [2.75, 3.05) is 5.73 Å². The summed E-state index contributed by atoms with van der Waals surface area (Å²) in [5, 5.41) is 1.05. The Balaban J connectivity index is 1.34. The van der Waals surface area contributed by atoms with Crippen LogP contribution in [0.2, 0.25) is 0 Å². The molecule has 1 amide bonds. The van der Waals surface area contributed by atoms with Crippen LogP contribution in [0, 0.1) is 5.41 Å². The summed E-state index contributed by atoms with van der Waals surface area (Å²) in [6.45, 7) is 0.791. The summed E-state index contributed by atoms with van der Waals surface area (Å²) in [4.78, 5) is 21.4. The lowest BCUT2D eigenvalue weighted by Crippen LogP contribution is -2.38. The number of nitrogen functional groups attached to an aromatic ring is 1. The molecule has 0 spiro atoms. The van der Waals surface area contributed by atoms with Gasteiger partial charge in [0, 0.05) is 11.9 Å². The predicted octanol–water partition coefficient (Wildman–Crippen LogP) is 4.08. The summed E-state index contributed by atoms with van der Waals surface area (Å²) in [7, 11) is 0. The number of pyridine rings is 1. The first-order chi connectivity index (χ1) is 15.1. The first kappa shape index (κ1) is 19.3. The van der Waals surface area contributed by atoms with Crippen molar-refractivity contribution in [3.63, 3.8) is 0 Å². The largest absolute Gasteiger partial charge is 0.382 e. The molecule has 6 heteroatoms. The summed E-state index contributed by atoms with van der Waals surface area (Å²) >= 11 is 0. The predicted molar refractivity (Wildman–Crippen MR) is 124 cm³/mol. The maximum absolute atomic E-state index is 12.4. The molecule has 2 aromatic carbocycles.